The minimum Gasteiger partial charge on any atom is -0.461 e. The minimum atomic E-state index is -0.286. The maximum absolute atomic E-state index is 12.7. The molecule has 5 heteroatoms. The van der Waals surface area contributed by atoms with Crippen molar-refractivity contribution in [3.63, 3.8) is 0 Å². The van der Waals surface area contributed by atoms with E-state index in [4.69, 9.17) is 4.74 Å². The van der Waals surface area contributed by atoms with Crippen molar-refractivity contribution in [2.24, 2.45) is 0 Å². The van der Waals surface area contributed by atoms with E-state index in [1.807, 2.05) is 6.92 Å². The quantitative estimate of drug-likeness (QED) is 0.667. The Morgan fingerprint density at radius 1 is 0.846 bits per heavy atom. The van der Waals surface area contributed by atoms with Crippen molar-refractivity contribution in [2.45, 2.75) is 128 Å². The highest BCUT2D eigenvalue weighted by Gasteiger charge is 2.41. The predicted octanol–water partition coefficient (Wildman–Crippen LogP) is 3.13. The summed E-state index contributed by atoms with van der Waals surface area (Å²) in [5.74, 6) is -0.127. The lowest BCUT2D eigenvalue weighted by atomic mass is 9.79. The van der Waals surface area contributed by atoms with Crippen LogP contribution in [0.4, 0.5) is 0 Å². The molecule has 0 aliphatic carbocycles. The molecular weight excluding hydrogens is 326 g/mol. The molecule has 2 rings (SSSR count). The van der Waals surface area contributed by atoms with Crippen LogP contribution in [0.2, 0.25) is 0 Å². The van der Waals surface area contributed by atoms with Gasteiger partial charge in [0, 0.05) is 41.0 Å². The number of carbonyl (C=O) groups excluding carboxylic acids is 1. The number of nitrogens with one attached hydrogen (secondary N) is 3. The van der Waals surface area contributed by atoms with Crippen molar-refractivity contribution in [1.82, 2.24) is 16.0 Å². The Morgan fingerprint density at radius 2 is 1.23 bits per heavy atom. The average Bonchev–Trinajstić information content (AvgIpc) is 2.29. The van der Waals surface area contributed by atoms with E-state index >= 15 is 0 Å². The maximum Gasteiger partial charge on any atom is 0.323 e. The molecular formula is C21H41N3O2. The van der Waals surface area contributed by atoms with Gasteiger partial charge in [0.05, 0.1) is 0 Å². The van der Waals surface area contributed by atoms with Gasteiger partial charge in [-0.05, 0) is 75.2 Å². The molecule has 1 atom stereocenters. The van der Waals surface area contributed by atoms with Gasteiger partial charge < -0.3 is 20.7 Å². The topological polar surface area (TPSA) is 62.4 Å². The fraction of sp³-hybridized carbons (Fsp3) is 0.952. The first-order valence-corrected chi connectivity index (χ1v) is 10.1. The Balaban J connectivity index is 1.93. The first-order valence-electron chi connectivity index (χ1n) is 10.1. The third-order valence-corrected chi connectivity index (χ3v) is 5.47. The van der Waals surface area contributed by atoms with Gasteiger partial charge in [-0.15, -0.1) is 0 Å². The van der Waals surface area contributed by atoms with Gasteiger partial charge >= 0.3 is 5.97 Å². The zero-order valence-corrected chi connectivity index (χ0v) is 18.4. The minimum absolute atomic E-state index is 0.0214. The van der Waals surface area contributed by atoms with E-state index in [0.717, 1.165) is 25.7 Å². The summed E-state index contributed by atoms with van der Waals surface area (Å²) in [7, 11) is 0. The fourth-order valence-corrected chi connectivity index (χ4v) is 5.44. The van der Waals surface area contributed by atoms with Crippen LogP contribution in [0.15, 0.2) is 0 Å². The number of ether oxygens (including phenoxy) is 1. The Bertz CT molecular complexity index is 493. The van der Waals surface area contributed by atoms with Crippen molar-refractivity contribution >= 4 is 5.97 Å². The van der Waals surface area contributed by atoms with Crippen LogP contribution in [-0.2, 0) is 9.53 Å². The highest BCUT2D eigenvalue weighted by atomic mass is 16.5. The molecule has 0 aromatic rings. The van der Waals surface area contributed by atoms with Crippen LogP contribution in [0, 0.1) is 0 Å². The van der Waals surface area contributed by atoms with E-state index in [1.165, 1.54) is 0 Å². The Labute approximate surface area is 160 Å². The van der Waals surface area contributed by atoms with Gasteiger partial charge in [-0.1, -0.05) is 0 Å². The molecule has 0 aromatic carbocycles. The lowest BCUT2D eigenvalue weighted by Crippen LogP contribution is -2.63. The second-order valence-corrected chi connectivity index (χ2v) is 11.2. The smallest absolute Gasteiger partial charge is 0.323 e. The highest BCUT2D eigenvalue weighted by Crippen LogP contribution is 2.31. The monoisotopic (exact) mass is 367 g/mol. The summed E-state index contributed by atoms with van der Waals surface area (Å²) in [6.07, 6.45) is 3.67. The summed E-state index contributed by atoms with van der Waals surface area (Å²) in [6, 6.07) is 0.0236. The third-order valence-electron chi connectivity index (χ3n) is 5.47. The molecule has 0 spiro atoms. The van der Waals surface area contributed by atoms with Crippen LogP contribution in [0.1, 0.15) is 88.0 Å². The molecule has 0 unspecified atom stereocenters. The Morgan fingerprint density at radius 3 is 1.65 bits per heavy atom. The number of hydrogen-bond donors (Lipinski definition) is 3. The Hall–Kier alpha value is -0.650. The SMILES string of the molecule is C[C@H](NC1CC(C)(C)NC(C)(C)C1)C(=O)OC1CC(C)(C)NC(C)(C)C1. The lowest BCUT2D eigenvalue weighted by Gasteiger charge is -2.47. The molecule has 26 heavy (non-hydrogen) atoms. The van der Waals surface area contributed by atoms with Crippen LogP contribution in [-0.4, -0.2) is 46.3 Å². The molecule has 0 aromatic heterocycles. The molecule has 2 saturated heterocycles. The van der Waals surface area contributed by atoms with Gasteiger partial charge in [0.15, 0.2) is 0 Å². The van der Waals surface area contributed by atoms with E-state index in [1.54, 1.807) is 0 Å². The van der Waals surface area contributed by atoms with E-state index in [9.17, 15) is 4.79 Å². The van der Waals surface area contributed by atoms with Gasteiger partial charge in [-0.25, -0.2) is 0 Å². The summed E-state index contributed by atoms with van der Waals surface area (Å²) in [5, 5.41) is 10.8. The first kappa shape index (κ1) is 21.6. The number of hydrogen-bond acceptors (Lipinski definition) is 5. The van der Waals surface area contributed by atoms with Crippen molar-refractivity contribution in [3.8, 4) is 0 Å². The summed E-state index contributed by atoms with van der Waals surface area (Å²) in [6.45, 7) is 19.5. The number of carbonyl (C=O) groups is 1. The van der Waals surface area contributed by atoms with Crippen LogP contribution in [0.5, 0.6) is 0 Å². The molecule has 2 heterocycles. The van der Waals surface area contributed by atoms with Gasteiger partial charge in [0.2, 0.25) is 0 Å². The average molecular weight is 368 g/mol. The van der Waals surface area contributed by atoms with Crippen LogP contribution in [0.3, 0.4) is 0 Å². The standard InChI is InChI=1S/C21H41N3O2/c1-14(22-15-10-18(2,3)23-19(4,5)11-15)17(25)26-16-12-20(6,7)24-21(8,9)13-16/h14-16,22-24H,10-13H2,1-9H3/t14-/m0/s1. The summed E-state index contributed by atoms with van der Waals surface area (Å²) >= 11 is 0. The normalized spacial score (nSPS) is 29.1. The van der Waals surface area contributed by atoms with Crippen molar-refractivity contribution in [1.29, 1.82) is 0 Å². The summed E-state index contributed by atoms with van der Waals surface area (Å²) in [4.78, 5) is 12.7. The first-order chi connectivity index (χ1) is 11.6. The van der Waals surface area contributed by atoms with E-state index in [0.29, 0.717) is 6.04 Å². The number of piperidine rings is 2. The van der Waals surface area contributed by atoms with Crippen molar-refractivity contribution in [3.05, 3.63) is 0 Å². The van der Waals surface area contributed by atoms with Crippen molar-refractivity contribution < 1.29 is 9.53 Å². The summed E-state index contributed by atoms with van der Waals surface area (Å²) < 4.78 is 5.91. The van der Waals surface area contributed by atoms with Crippen molar-refractivity contribution in [2.75, 3.05) is 0 Å². The number of rotatable bonds is 4. The molecule has 0 bridgehead atoms. The van der Waals surface area contributed by atoms with Gasteiger partial charge in [-0.3, -0.25) is 4.79 Å². The molecule has 3 N–H and O–H groups in total. The molecule has 0 saturated carbocycles. The second kappa shape index (κ2) is 7.06. The lowest BCUT2D eigenvalue weighted by molar-refractivity contribution is -0.155. The van der Waals surface area contributed by atoms with Crippen LogP contribution < -0.4 is 16.0 Å². The summed E-state index contributed by atoms with van der Waals surface area (Å²) in [5.41, 5.74) is 0.0805. The molecule has 2 fully saturated rings. The van der Waals surface area contributed by atoms with Gasteiger partial charge in [0.25, 0.3) is 0 Å². The molecule has 2 aliphatic rings. The largest absolute Gasteiger partial charge is 0.461 e. The van der Waals surface area contributed by atoms with Gasteiger partial charge in [-0.2, -0.15) is 0 Å². The predicted molar refractivity (Wildman–Crippen MR) is 107 cm³/mol. The molecule has 5 nitrogen and oxygen atoms in total. The molecule has 0 radical (unpaired) electrons. The maximum atomic E-state index is 12.7. The van der Waals surface area contributed by atoms with E-state index in [2.05, 4.69) is 71.3 Å². The van der Waals surface area contributed by atoms with E-state index < -0.39 is 0 Å². The van der Waals surface area contributed by atoms with Gasteiger partial charge in [0.1, 0.15) is 12.1 Å². The zero-order valence-electron chi connectivity index (χ0n) is 18.4. The van der Waals surface area contributed by atoms with E-state index in [-0.39, 0.29) is 40.3 Å². The van der Waals surface area contributed by atoms with Crippen LogP contribution in [0.25, 0.3) is 0 Å². The Kier molecular flexibility index (Phi) is 5.88. The molecule has 152 valence electrons. The van der Waals surface area contributed by atoms with Crippen LogP contribution >= 0.6 is 0 Å². The second-order valence-electron chi connectivity index (χ2n) is 11.2. The number of esters is 1. The highest BCUT2D eigenvalue weighted by molar-refractivity contribution is 5.75. The molecule has 0 amide bonds. The fourth-order valence-electron chi connectivity index (χ4n) is 5.44. The zero-order chi connectivity index (χ0) is 20.0. The molecule has 2 aliphatic heterocycles. The third kappa shape index (κ3) is 6.21.